The van der Waals surface area contributed by atoms with E-state index >= 15 is 0 Å². The van der Waals surface area contributed by atoms with Crippen LogP contribution in [-0.2, 0) is 0 Å². The highest BCUT2D eigenvalue weighted by Crippen LogP contribution is 2.26. The largest absolute Gasteiger partial charge is 0.477 e. The summed E-state index contributed by atoms with van der Waals surface area (Å²) in [6, 6.07) is 6.30. The molecule has 0 saturated carbocycles. The van der Waals surface area contributed by atoms with Crippen molar-refractivity contribution in [2.45, 2.75) is 13.0 Å². The van der Waals surface area contributed by atoms with Crippen molar-refractivity contribution in [2.24, 2.45) is 0 Å². The fraction of sp³-hybridized carbons (Fsp3) is 0.167. The maximum Gasteiger partial charge on any atom is 0.354 e. The minimum atomic E-state index is -1.12. The molecule has 2 N–H and O–H groups in total. The van der Waals surface area contributed by atoms with Crippen LogP contribution < -0.4 is 0 Å². The molecule has 1 unspecified atom stereocenters. The second-order valence-corrected chi connectivity index (χ2v) is 4.18. The second-order valence-electron chi connectivity index (χ2n) is 3.74. The van der Waals surface area contributed by atoms with Crippen LogP contribution in [0.25, 0.3) is 10.9 Å². The van der Waals surface area contributed by atoms with Gasteiger partial charge in [-0.2, -0.15) is 0 Å². The Morgan fingerprint density at radius 1 is 1.41 bits per heavy atom. The van der Waals surface area contributed by atoms with Crippen LogP contribution in [0, 0.1) is 0 Å². The van der Waals surface area contributed by atoms with Gasteiger partial charge >= 0.3 is 5.97 Å². The summed E-state index contributed by atoms with van der Waals surface area (Å²) in [5.41, 5.74) is 0.927. The van der Waals surface area contributed by atoms with Gasteiger partial charge in [0.25, 0.3) is 0 Å². The number of carbonyl (C=O) groups is 1. The van der Waals surface area contributed by atoms with Crippen LogP contribution in [0.3, 0.4) is 0 Å². The average molecular weight is 252 g/mol. The lowest BCUT2D eigenvalue weighted by molar-refractivity contribution is 0.0690. The van der Waals surface area contributed by atoms with Crippen molar-refractivity contribution < 1.29 is 15.0 Å². The van der Waals surface area contributed by atoms with Crippen molar-refractivity contribution in [1.82, 2.24) is 4.98 Å². The molecule has 0 aliphatic rings. The summed E-state index contributed by atoms with van der Waals surface area (Å²) in [6.07, 6.45) is -0.780. The summed E-state index contributed by atoms with van der Waals surface area (Å²) in [7, 11) is 0. The van der Waals surface area contributed by atoms with Crippen LogP contribution in [0.2, 0.25) is 5.02 Å². The highest BCUT2D eigenvalue weighted by Gasteiger charge is 2.14. The highest BCUT2D eigenvalue weighted by molar-refractivity contribution is 6.31. The first-order chi connectivity index (χ1) is 7.99. The van der Waals surface area contributed by atoms with E-state index in [9.17, 15) is 9.90 Å². The number of benzene rings is 1. The number of halogens is 1. The maximum absolute atomic E-state index is 10.9. The Kier molecular flexibility index (Phi) is 3.00. The van der Waals surface area contributed by atoms with Crippen molar-refractivity contribution in [2.75, 3.05) is 0 Å². The monoisotopic (exact) mass is 251 g/mol. The van der Waals surface area contributed by atoms with Gasteiger partial charge in [0.05, 0.1) is 11.6 Å². The SMILES string of the molecule is CC(O)c1cc(C(=O)O)nc2ccc(Cl)cc12. The summed E-state index contributed by atoms with van der Waals surface area (Å²) >= 11 is 5.87. The van der Waals surface area contributed by atoms with Gasteiger partial charge in [0.1, 0.15) is 5.69 Å². The van der Waals surface area contributed by atoms with Crippen LogP contribution >= 0.6 is 11.6 Å². The summed E-state index contributed by atoms with van der Waals surface area (Å²) in [5.74, 6) is -1.12. The van der Waals surface area contributed by atoms with Crippen molar-refractivity contribution >= 4 is 28.5 Å². The van der Waals surface area contributed by atoms with Crippen LogP contribution in [0.5, 0.6) is 0 Å². The molecule has 0 amide bonds. The summed E-state index contributed by atoms with van der Waals surface area (Å²) in [6.45, 7) is 1.57. The Morgan fingerprint density at radius 2 is 2.12 bits per heavy atom. The molecule has 5 heteroatoms. The lowest BCUT2D eigenvalue weighted by Crippen LogP contribution is -2.04. The molecule has 0 fully saturated rings. The number of aromatic nitrogens is 1. The number of pyridine rings is 1. The molecule has 0 saturated heterocycles. The standard InChI is InChI=1S/C12H10ClNO3/c1-6(15)8-5-11(12(16)17)14-10-3-2-7(13)4-9(8)10/h2-6,15H,1H3,(H,16,17). The Balaban J connectivity index is 2.81. The van der Waals surface area contributed by atoms with Crippen LogP contribution in [0.4, 0.5) is 0 Å². The van der Waals surface area contributed by atoms with E-state index in [2.05, 4.69) is 4.98 Å². The number of hydrogen-bond donors (Lipinski definition) is 2. The fourth-order valence-electron chi connectivity index (χ4n) is 1.68. The van der Waals surface area contributed by atoms with Gasteiger partial charge in [-0.05, 0) is 36.8 Å². The summed E-state index contributed by atoms with van der Waals surface area (Å²) < 4.78 is 0. The minimum absolute atomic E-state index is 0.0873. The molecule has 0 spiro atoms. The third-order valence-electron chi connectivity index (χ3n) is 2.47. The number of nitrogens with zero attached hydrogens (tertiary/aromatic N) is 1. The Morgan fingerprint density at radius 3 is 2.71 bits per heavy atom. The Labute approximate surface area is 102 Å². The second kappa shape index (κ2) is 4.31. The topological polar surface area (TPSA) is 70.4 Å². The van der Waals surface area contributed by atoms with Gasteiger partial charge < -0.3 is 10.2 Å². The molecule has 1 atom stereocenters. The predicted octanol–water partition coefficient (Wildman–Crippen LogP) is 2.64. The number of hydrogen-bond acceptors (Lipinski definition) is 3. The molecule has 88 valence electrons. The zero-order valence-corrected chi connectivity index (χ0v) is 9.77. The maximum atomic E-state index is 10.9. The molecule has 2 rings (SSSR count). The molecule has 17 heavy (non-hydrogen) atoms. The van der Waals surface area contributed by atoms with Crippen LogP contribution in [0.15, 0.2) is 24.3 Å². The summed E-state index contributed by atoms with van der Waals surface area (Å²) in [4.78, 5) is 14.9. The third-order valence-corrected chi connectivity index (χ3v) is 2.71. The highest BCUT2D eigenvalue weighted by atomic mass is 35.5. The lowest BCUT2D eigenvalue weighted by atomic mass is 10.0. The molecule has 2 aromatic rings. The van der Waals surface area contributed by atoms with E-state index < -0.39 is 12.1 Å². The summed E-state index contributed by atoms with van der Waals surface area (Å²) in [5, 5.41) is 19.8. The molecular formula is C12H10ClNO3. The van der Waals surface area contributed by atoms with E-state index in [1.165, 1.54) is 6.07 Å². The van der Waals surface area contributed by atoms with Crippen molar-refractivity contribution in [1.29, 1.82) is 0 Å². The van der Waals surface area contributed by atoms with Gasteiger partial charge in [-0.25, -0.2) is 9.78 Å². The van der Waals surface area contributed by atoms with Gasteiger partial charge in [-0.1, -0.05) is 11.6 Å². The molecule has 0 aliphatic carbocycles. The fourth-order valence-corrected chi connectivity index (χ4v) is 1.85. The normalized spacial score (nSPS) is 12.6. The van der Waals surface area contributed by atoms with Gasteiger partial charge in [0, 0.05) is 10.4 Å². The zero-order chi connectivity index (χ0) is 12.6. The first-order valence-electron chi connectivity index (χ1n) is 5.00. The number of carboxylic acids is 1. The number of aliphatic hydroxyl groups excluding tert-OH is 1. The molecule has 4 nitrogen and oxygen atoms in total. The smallest absolute Gasteiger partial charge is 0.354 e. The van der Waals surface area contributed by atoms with E-state index in [0.717, 1.165) is 0 Å². The van der Waals surface area contributed by atoms with Crippen molar-refractivity contribution in [3.05, 3.63) is 40.5 Å². The molecule has 1 aromatic heterocycles. The first kappa shape index (κ1) is 11.8. The number of aromatic carboxylic acids is 1. The van der Waals surface area contributed by atoms with Crippen molar-refractivity contribution in [3.63, 3.8) is 0 Å². The zero-order valence-electron chi connectivity index (χ0n) is 9.01. The van der Waals surface area contributed by atoms with E-state index in [-0.39, 0.29) is 5.69 Å². The Hall–Kier alpha value is -1.65. The van der Waals surface area contributed by atoms with E-state index in [4.69, 9.17) is 16.7 Å². The van der Waals surface area contributed by atoms with Gasteiger partial charge in [-0.3, -0.25) is 0 Å². The van der Waals surface area contributed by atoms with E-state index in [1.807, 2.05) is 0 Å². The number of rotatable bonds is 2. The van der Waals surface area contributed by atoms with Crippen molar-refractivity contribution in [3.8, 4) is 0 Å². The molecule has 1 heterocycles. The average Bonchev–Trinajstić information content (AvgIpc) is 2.27. The molecule has 1 aromatic carbocycles. The van der Waals surface area contributed by atoms with E-state index in [0.29, 0.717) is 21.5 Å². The Bertz CT molecular complexity index is 596. The predicted molar refractivity (Wildman–Crippen MR) is 64.3 cm³/mol. The number of fused-ring (bicyclic) bond motifs is 1. The molecule has 0 aliphatic heterocycles. The van der Waals surface area contributed by atoms with Crippen LogP contribution in [0.1, 0.15) is 29.1 Å². The minimum Gasteiger partial charge on any atom is -0.477 e. The van der Waals surface area contributed by atoms with Gasteiger partial charge in [0.2, 0.25) is 0 Å². The van der Waals surface area contributed by atoms with Gasteiger partial charge in [-0.15, -0.1) is 0 Å². The van der Waals surface area contributed by atoms with E-state index in [1.54, 1.807) is 25.1 Å². The van der Waals surface area contributed by atoms with Gasteiger partial charge in [0.15, 0.2) is 0 Å². The number of carboxylic acid groups (broad SMARTS) is 1. The molecular weight excluding hydrogens is 242 g/mol. The van der Waals surface area contributed by atoms with Crippen LogP contribution in [-0.4, -0.2) is 21.2 Å². The first-order valence-corrected chi connectivity index (χ1v) is 5.38. The number of aliphatic hydroxyl groups is 1. The molecule has 0 bridgehead atoms. The molecule has 0 radical (unpaired) electrons. The lowest BCUT2D eigenvalue weighted by Gasteiger charge is -2.10. The third kappa shape index (κ3) is 2.23. The quantitative estimate of drug-likeness (QED) is 0.861.